The average Bonchev–Trinajstić information content (AvgIpc) is 2.00. The average molecular weight is 171 g/mol. The number of nitrogens with zero attached hydrogens (tertiary/aromatic N) is 1. The molecule has 1 N–H and O–H groups in total. The molecule has 2 heteroatoms. The van der Waals surface area contributed by atoms with E-state index >= 15 is 0 Å². The molecule has 12 heavy (non-hydrogen) atoms. The molecule has 0 saturated heterocycles. The van der Waals surface area contributed by atoms with Crippen LogP contribution < -0.4 is 0 Å². The van der Waals surface area contributed by atoms with Crippen LogP contribution in [0.3, 0.4) is 0 Å². The van der Waals surface area contributed by atoms with Gasteiger partial charge in [-0.3, -0.25) is 0 Å². The summed E-state index contributed by atoms with van der Waals surface area (Å²) in [4.78, 5) is 0. The van der Waals surface area contributed by atoms with E-state index in [2.05, 4.69) is 25.9 Å². The second-order valence-electron chi connectivity index (χ2n) is 3.96. The zero-order valence-electron chi connectivity index (χ0n) is 8.45. The van der Waals surface area contributed by atoms with Crippen LogP contribution in [0.5, 0.6) is 0 Å². The van der Waals surface area contributed by atoms with Crippen LogP contribution in [0, 0.1) is 11.8 Å². The van der Waals surface area contributed by atoms with Crippen molar-refractivity contribution >= 4 is 6.21 Å². The maximum Gasteiger partial charge on any atom is 0.0438 e. The number of rotatable bonds is 6. The van der Waals surface area contributed by atoms with Gasteiger partial charge in [0.05, 0.1) is 0 Å². The molecule has 0 rings (SSSR count). The van der Waals surface area contributed by atoms with Crippen molar-refractivity contribution in [3.8, 4) is 0 Å². The summed E-state index contributed by atoms with van der Waals surface area (Å²) in [6, 6.07) is 0. The Bertz CT molecular complexity index is 121. The minimum Gasteiger partial charge on any atom is -0.411 e. The largest absolute Gasteiger partial charge is 0.411 e. The van der Waals surface area contributed by atoms with E-state index in [-0.39, 0.29) is 0 Å². The van der Waals surface area contributed by atoms with E-state index in [1.54, 1.807) is 6.21 Å². The first-order valence-electron chi connectivity index (χ1n) is 4.82. The lowest BCUT2D eigenvalue weighted by atomic mass is 9.98. The predicted molar refractivity (Wildman–Crippen MR) is 52.7 cm³/mol. The highest BCUT2D eigenvalue weighted by Gasteiger charge is 2.01. The van der Waals surface area contributed by atoms with Crippen molar-refractivity contribution in [2.75, 3.05) is 0 Å². The van der Waals surface area contributed by atoms with Crippen LogP contribution in [0.15, 0.2) is 5.16 Å². The van der Waals surface area contributed by atoms with Gasteiger partial charge < -0.3 is 5.21 Å². The molecule has 0 saturated carbocycles. The van der Waals surface area contributed by atoms with Crippen LogP contribution in [0.4, 0.5) is 0 Å². The second kappa shape index (κ2) is 7.14. The second-order valence-corrected chi connectivity index (χ2v) is 3.96. The summed E-state index contributed by atoms with van der Waals surface area (Å²) < 4.78 is 0. The molecule has 0 aromatic rings. The Morgan fingerprint density at radius 1 is 1.25 bits per heavy atom. The molecule has 0 aromatic carbocycles. The molecule has 0 aliphatic heterocycles. The molecule has 72 valence electrons. The molecule has 0 fully saturated rings. The highest BCUT2D eigenvalue weighted by atomic mass is 16.4. The van der Waals surface area contributed by atoms with E-state index in [9.17, 15) is 0 Å². The topological polar surface area (TPSA) is 32.6 Å². The quantitative estimate of drug-likeness (QED) is 0.371. The lowest BCUT2D eigenvalue weighted by Gasteiger charge is -2.08. The van der Waals surface area contributed by atoms with Crippen LogP contribution in [-0.4, -0.2) is 11.4 Å². The van der Waals surface area contributed by atoms with Gasteiger partial charge in [0.2, 0.25) is 0 Å². The molecule has 1 atom stereocenters. The maximum absolute atomic E-state index is 8.20. The molecule has 0 aromatic heterocycles. The molecule has 2 nitrogen and oxygen atoms in total. The van der Waals surface area contributed by atoms with Crippen LogP contribution >= 0.6 is 0 Å². The third kappa shape index (κ3) is 7.58. The van der Waals surface area contributed by atoms with Gasteiger partial charge in [0.15, 0.2) is 0 Å². The molecule has 0 spiro atoms. The van der Waals surface area contributed by atoms with Gasteiger partial charge in [0.25, 0.3) is 0 Å². The van der Waals surface area contributed by atoms with Gasteiger partial charge in [-0.05, 0) is 18.3 Å². The standard InChI is InChI=1S/C10H21NO/c1-9(2)5-4-6-10(3)7-8-11-12/h8-10,12H,4-7H2,1-3H3/b11-8+. The maximum atomic E-state index is 8.20. The van der Waals surface area contributed by atoms with Crippen molar-refractivity contribution in [3.63, 3.8) is 0 Å². The van der Waals surface area contributed by atoms with E-state index in [0.29, 0.717) is 5.92 Å². The third-order valence-corrected chi connectivity index (χ3v) is 2.07. The van der Waals surface area contributed by atoms with E-state index in [1.807, 2.05) is 0 Å². The van der Waals surface area contributed by atoms with E-state index in [4.69, 9.17) is 5.21 Å². The first-order valence-corrected chi connectivity index (χ1v) is 4.82. The van der Waals surface area contributed by atoms with Crippen molar-refractivity contribution < 1.29 is 5.21 Å². The van der Waals surface area contributed by atoms with Crippen molar-refractivity contribution in [1.82, 2.24) is 0 Å². The molecule has 0 aliphatic carbocycles. The molecular formula is C10H21NO. The fourth-order valence-electron chi connectivity index (χ4n) is 1.22. The first-order chi connectivity index (χ1) is 5.66. The molecule has 0 aliphatic rings. The van der Waals surface area contributed by atoms with Crippen LogP contribution in [0.1, 0.15) is 46.5 Å². The zero-order valence-corrected chi connectivity index (χ0v) is 8.45. The highest BCUT2D eigenvalue weighted by molar-refractivity contribution is 5.56. The summed E-state index contributed by atoms with van der Waals surface area (Å²) in [5, 5.41) is 11.2. The van der Waals surface area contributed by atoms with Crippen molar-refractivity contribution in [2.24, 2.45) is 17.0 Å². The Morgan fingerprint density at radius 2 is 1.92 bits per heavy atom. The Labute approximate surface area is 75.7 Å². The molecule has 1 unspecified atom stereocenters. The summed E-state index contributed by atoms with van der Waals surface area (Å²) >= 11 is 0. The van der Waals surface area contributed by atoms with Gasteiger partial charge in [0, 0.05) is 6.21 Å². The Hall–Kier alpha value is -0.530. The van der Waals surface area contributed by atoms with E-state index in [0.717, 1.165) is 12.3 Å². The minimum absolute atomic E-state index is 0.652. The van der Waals surface area contributed by atoms with Crippen molar-refractivity contribution in [2.45, 2.75) is 46.5 Å². The van der Waals surface area contributed by atoms with Gasteiger partial charge in [-0.15, -0.1) is 5.16 Å². The van der Waals surface area contributed by atoms with Crippen molar-refractivity contribution in [1.29, 1.82) is 0 Å². The first kappa shape index (κ1) is 11.5. The van der Waals surface area contributed by atoms with Crippen LogP contribution in [-0.2, 0) is 0 Å². The van der Waals surface area contributed by atoms with Gasteiger partial charge in [-0.1, -0.05) is 40.0 Å². The molecular weight excluding hydrogens is 150 g/mol. The number of oxime groups is 1. The van der Waals surface area contributed by atoms with Gasteiger partial charge >= 0.3 is 0 Å². The summed E-state index contributed by atoms with van der Waals surface area (Å²) in [7, 11) is 0. The van der Waals surface area contributed by atoms with Crippen molar-refractivity contribution in [3.05, 3.63) is 0 Å². The summed E-state index contributed by atoms with van der Waals surface area (Å²) in [6.07, 6.45) is 6.32. The minimum atomic E-state index is 0.652. The Balaban J connectivity index is 3.25. The van der Waals surface area contributed by atoms with Gasteiger partial charge in [-0.2, -0.15) is 0 Å². The summed E-state index contributed by atoms with van der Waals surface area (Å²) in [5.74, 6) is 1.46. The monoisotopic (exact) mass is 171 g/mol. The van der Waals surface area contributed by atoms with E-state index < -0.39 is 0 Å². The normalized spacial score (nSPS) is 14.3. The third-order valence-electron chi connectivity index (χ3n) is 2.07. The fraction of sp³-hybridized carbons (Fsp3) is 0.900. The summed E-state index contributed by atoms with van der Waals surface area (Å²) in [5.41, 5.74) is 0. The molecule has 0 heterocycles. The SMILES string of the molecule is CC(C)CCCC(C)C/C=N/O. The highest BCUT2D eigenvalue weighted by Crippen LogP contribution is 2.13. The van der Waals surface area contributed by atoms with Gasteiger partial charge in [-0.25, -0.2) is 0 Å². The summed E-state index contributed by atoms with van der Waals surface area (Å²) in [6.45, 7) is 6.70. The Kier molecular flexibility index (Phi) is 6.82. The fourth-order valence-corrected chi connectivity index (χ4v) is 1.22. The lowest BCUT2D eigenvalue weighted by Crippen LogP contribution is -1.97. The molecule has 0 bridgehead atoms. The van der Waals surface area contributed by atoms with Gasteiger partial charge in [0.1, 0.15) is 0 Å². The Morgan fingerprint density at radius 3 is 2.42 bits per heavy atom. The number of hydrogen-bond acceptors (Lipinski definition) is 2. The lowest BCUT2D eigenvalue weighted by molar-refractivity contribution is 0.319. The zero-order chi connectivity index (χ0) is 9.40. The smallest absolute Gasteiger partial charge is 0.0438 e. The van der Waals surface area contributed by atoms with Crippen LogP contribution in [0.25, 0.3) is 0 Å². The molecule has 0 amide bonds. The van der Waals surface area contributed by atoms with Crippen LogP contribution in [0.2, 0.25) is 0 Å². The van der Waals surface area contributed by atoms with E-state index in [1.165, 1.54) is 19.3 Å². The number of hydrogen-bond donors (Lipinski definition) is 1. The predicted octanol–water partition coefficient (Wildman–Crippen LogP) is 3.30. The molecule has 0 radical (unpaired) electrons.